The lowest BCUT2D eigenvalue weighted by Gasteiger charge is -2.45. The average molecular weight is 506 g/mol. The van der Waals surface area contributed by atoms with Crippen molar-refractivity contribution in [3.05, 3.63) is 65.2 Å². The van der Waals surface area contributed by atoms with Crippen LogP contribution in [0.3, 0.4) is 0 Å². The van der Waals surface area contributed by atoms with Gasteiger partial charge in [0.25, 0.3) is 5.91 Å². The number of benzene rings is 1. The van der Waals surface area contributed by atoms with Gasteiger partial charge in [-0.25, -0.2) is 4.39 Å². The van der Waals surface area contributed by atoms with E-state index in [9.17, 15) is 22.4 Å². The standard InChI is InChI=1S/C27H31F4N3O2/c28-23-5-1-19(2-6-23)20-8-11-34(12-9-20)24-7-10-26(36-17-24,21-3-4-21)25(35)33-15-18-13-22(16-32-14-18)27(29,30)31/h1-2,5-6,13-14,16,20-21,24H,3-4,7-12,15,17H2,(H,33,35)/t24?,26-/m0/s1. The molecule has 36 heavy (non-hydrogen) atoms. The minimum absolute atomic E-state index is 0.0199. The topological polar surface area (TPSA) is 54.5 Å². The maximum Gasteiger partial charge on any atom is 0.417 e. The number of amides is 1. The smallest absolute Gasteiger partial charge is 0.363 e. The van der Waals surface area contributed by atoms with Crippen LogP contribution in [0.5, 0.6) is 0 Å². The van der Waals surface area contributed by atoms with Gasteiger partial charge in [-0.1, -0.05) is 12.1 Å². The number of hydrogen-bond donors (Lipinski definition) is 1. The van der Waals surface area contributed by atoms with Crippen LogP contribution in [0.2, 0.25) is 0 Å². The Kier molecular flexibility index (Phi) is 7.05. The average Bonchev–Trinajstić information content (AvgIpc) is 3.74. The largest absolute Gasteiger partial charge is 0.417 e. The highest BCUT2D eigenvalue weighted by atomic mass is 19.4. The predicted molar refractivity (Wildman–Crippen MR) is 125 cm³/mol. The molecule has 2 aliphatic heterocycles. The van der Waals surface area contributed by atoms with E-state index in [0.29, 0.717) is 24.5 Å². The number of rotatable bonds is 6. The molecule has 1 aliphatic carbocycles. The van der Waals surface area contributed by atoms with E-state index in [1.807, 2.05) is 12.1 Å². The van der Waals surface area contributed by atoms with Crippen LogP contribution in [0.4, 0.5) is 17.6 Å². The minimum atomic E-state index is -4.47. The van der Waals surface area contributed by atoms with E-state index in [4.69, 9.17) is 4.74 Å². The van der Waals surface area contributed by atoms with Crippen molar-refractivity contribution in [2.24, 2.45) is 5.92 Å². The van der Waals surface area contributed by atoms with Crippen molar-refractivity contribution in [3.63, 3.8) is 0 Å². The van der Waals surface area contributed by atoms with Crippen LogP contribution >= 0.6 is 0 Å². The van der Waals surface area contributed by atoms with Gasteiger partial charge < -0.3 is 10.1 Å². The molecule has 2 saturated heterocycles. The maximum absolute atomic E-state index is 13.2. The van der Waals surface area contributed by atoms with Gasteiger partial charge in [-0.15, -0.1) is 0 Å². The summed E-state index contributed by atoms with van der Waals surface area (Å²) in [4.78, 5) is 19.3. The third-order valence-electron chi connectivity index (χ3n) is 7.97. The van der Waals surface area contributed by atoms with Crippen LogP contribution in [0.1, 0.15) is 61.1 Å². The zero-order valence-corrected chi connectivity index (χ0v) is 20.1. The summed E-state index contributed by atoms with van der Waals surface area (Å²) < 4.78 is 58.5. The van der Waals surface area contributed by atoms with Gasteiger partial charge in [-0.2, -0.15) is 13.2 Å². The number of nitrogens with zero attached hydrogens (tertiary/aromatic N) is 2. The molecule has 3 aliphatic rings. The van der Waals surface area contributed by atoms with Gasteiger partial charge in [-0.3, -0.25) is 14.7 Å². The summed E-state index contributed by atoms with van der Waals surface area (Å²) in [7, 11) is 0. The number of alkyl halides is 3. The van der Waals surface area contributed by atoms with Crippen LogP contribution in [-0.4, -0.2) is 47.1 Å². The lowest BCUT2D eigenvalue weighted by atomic mass is 9.84. The van der Waals surface area contributed by atoms with Gasteiger partial charge >= 0.3 is 6.18 Å². The molecule has 1 amide bonds. The molecule has 9 heteroatoms. The Morgan fingerprint density at radius 2 is 1.81 bits per heavy atom. The molecule has 1 saturated carbocycles. The Bertz CT molecular complexity index is 1060. The lowest BCUT2D eigenvalue weighted by Crippen LogP contribution is -2.57. The van der Waals surface area contributed by atoms with E-state index in [1.165, 1.54) is 23.9 Å². The summed E-state index contributed by atoms with van der Waals surface area (Å²) in [6.07, 6.45) is 2.94. The van der Waals surface area contributed by atoms with Crippen LogP contribution in [0.15, 0.2) is 42.7 Å². The number of halogens is 4. The second kappa shape index (κ2) is 10.1. The monoisotopic (exact) mass is 505 g/mol. The van der Waals surface area contributed by atoms with Crippen LogP contribution in [0, 0.1) is 11.7 Å². The Morgan fingerprint density at radius 3 is 2.42 bits per heavy atom. The fraction of sp³-hybridized carbons (Fsp3) is 0.556. The molecule has 2 atom stereocenters. The van der Waals surface area contributed by atoms with Crippen molar-refractivity contribution in [2.75, 3.05) is 19.7 Å². The van der Waals surface area contributed by atoms with Gasteiger partial charge in [0.05, 0.1) is 12.2 Å². The number of pyridine rings is 1. The normalized spacial score (nSPS) is 26.1. The van der Waals surface area contributed by atoms with Gasteiger partial charge in [0.15, 0.2) is 0 Å². The number of carbonyl (C=O) groups excluding carboxylic acids is 1. The van der Waals surface area contributed by atoms with E-state index in [0.717, 1.165) is 57.5 Å². The Hall–Kier alpha value is -2.52. The highest BCUT2D eigenvalue weighted by Gasteiger charge is 2.54. The Balaban J connectivity index is 1.15. The quantitative estimate of drug-likeness (QED) is 0.558. The molecule has 5 nitrogen and oxygen atoms in total. The van der Waals surface area contributed by atoms with E-state index in [1.54, 1.807) is 0 Å². The highest BCUT2D eigenvalue weighted by Crippen LogP contribution is 2.47. The van der Waals surface area contributed by atoms with E-state index < -0.39 is 17.3 Å². The first-order valence-electron chi connectivity index (χ1n) is 12.7. The summed E-state index contributed by atoms with van der Waals surface area (Å²) in [5, 5.41) is 2.82. The molecular formula is C27H31F4N3O2. The molecule has 194 valence electrons. The lowest BCUT2D eigenvalue weighted by molar-refractivity contribution is -0.165. The third kappa shape index (κ3) is 5.42. The molecule has 1 unspecified atom stereocenters. The minimum Gasteiger partial charge on any atom is -0.363 e. The number of carbonyl (C=O) groups is 1. The van der Waals surface area contributed by atoms with Crippen molar-refractivity contribution >= 4 is 5.91 Å². The molecule has 1 N–H and O–H groups in total. The zero-order chi connectivity index (χ0) is 25.3. The Morgan fingerprint density at radius 1 is 1.08 bits per heavy atom. The van der Waals surface area contributed by atoms with Crippen molar-refractivity contribution in [1.82, 2.24) is 15.2 Å². The summed E-state index contributed by atoms with van der Waals surface area (Å²) in [6, 6.07) is 8.04. The predicted octanol–water partition coefficient (Wildman–Crippen LogP) is 5.06. The molecule has 0 radical (unpaired) electrons. The molecule has 1 aromatic heterocycles. The molecule has 3 fully saturated rings. The first kappa shape index (κ1) is 25.1. The van der Waals surface area contributed by atoms with Crippen LogP contribution in [-0.2, 0) is 22.3 Å². The fourth-order valence-corrected chi connectivity index (χ4v) is 5.71. The number of ether oxygens (including phenoxy) is 1. The second-order valence-corrected chi connectivity index (χ2v) is 10.3. The number of likely N-dealkylation sites (tertiary alicyclic amines) is 1. The molecule has 5 rings (SSSR count). The summed E-state index contributed by atoms with van der Waals surface area (Å²) >= 11 is 0. The SMILES string of the molecule is O=C(NCc1cncc(C(F)(F)F)c1)[C@@]1(C2CC2)CCC(N2CCC(c3ccc(F)cc3)CC2)CO1. The summed E-state index contributed by atoms with van der Waals surface area (Å²) in [5.41, 5.74) is -0.248. The van der Waals surface area contributed by atoms with Crippen molar-refractivity contribution < 1.29 is 27.1 Å². The molecular weight excluding hydrogens is 474 g/mol. The third-order valence-corrected chi connectivity index (χ3v) is 7.97. The number of nitrogens with one attached hydrogen (secondary N) is 1. The van der Waals surface area contributed by atoms with Gasteiger partial charge in [0.1, 0.15) is 11.4 Å². The van der Waals surface area contributed by atoms with Crippen molar-refractivity contribution in [1.29, 1.82) is 0 Å². The fourth-order valence-electron chi connectivity index (χ4n) is 5.71. The first-order chi connectivity index (χ1) is 17.2. The summed E-state index contributed by atoms with van der Waals surface area (Å²) in [6.45, 7) is 2.31. The molecule has 2 aromatic rings. The first-order valence-corrected chi connectivity index (χ1v) is 12.7. The number of hydrogen-bond acceptors (Lipinski definition) is 4. The van der Waals surface area contributed by atoms with Gasteiger partial charge in [-0.05, 0) is 92.8 Å². The molecule has 1 aromatic carbocycles. The zero-order valence-electron chi connectivity index (χ0n) is 20.1. The van der Waals surface area contributed by atoms with E-state index in [2.05, 4.69) is 15.2 Å². The van der Waals surface area contributed by atoms with Crippen molar-refractivity contribution in [3.8, 4) is 0 Å². The number of piperidine rings is 1. The Labute approximate surface area is 208 Å². The van der Waals surface area contributed by atoms with Gasteiger partial charge in [0, 0.05) is 25.0 Å². The van der Waals surface area contributed by atoms with Crippen LogP contribution < -0.4 is 5.32 Å². The van der Waals surface area contributed by atoms with E-state index in [-0.39, 0.29) is 30.2 Å². The molecule has 0 bridgehead atoms. The number of aromatic nitrogens is 1. The van der Waals surface area contributed by atoms with Crippen molar-refractivity contribution in [2.45, 2.75) is 68.8 Å². The molecule has 3 heterocycles. The second-order valence-electron chi connectivity index (χ2n) is 10.3. The van der Waals surface area contributed by atoms with E-state index >= 15 is 0 Å². The highest BCUT2D eigenvalue weighted by molar-refractivity contribution is 5.86. The maximum atomic E-state index is 13.2. The van der Waals surface area contributed by atoms with Gasteiger partial charge in [0.2, 0.25) is 0 Å². The summed E-state index contributed by atoms with van der Waals surface area (Å²) in [5.74, 6) is 0.122. The van der Waals surface area contributed by atoms with Crippen LogP contribution in [0.25, 0.3) is 0 Å². The molecule has 0 spiro atoms.